The van der Waals surface area contributed by atoms with Gasteiger partial charge in [0.2, 0.25) is 0 Å². The van der Waals surface area contributed by atoms with Gasteiger partial charge < -0.3 is 14.1 Å². The predicted octanol–water partition coefficient (Wildman–Crippen LogP) is 4.35. The highest BCUT2D eigenvalue weighted by molar-refractivity contribution is 7.99. The molecule has 1 atom stereocenters. The van der Waals surface area contributed by atoms with Crippen LogP contribution in [0.2, 0.25) is 0 Å². The summed E-state index contributed by atoms with van der Waals surface area (Å²) in [7, 11) is 0. The topological polar surface area (TPSA) is 63.0 Å². The fourth-order valence-electron chi connectivity index (χ4n) is 3.64. The number of benzene rings is 1. The third kappa shape index (κ3) is 4.58. The molecule has 2 aliphatic heterocycles. The molecule has 0 spiro atoms. The first kappa shape index (κ1) is 19.8. The molecule has 1 aromatic heterocycles. The lowest BCUT2D eigenvalue weighted by Crippen LogP contribution is -2.27. The Balaban J connectivity index is 1.38. The zero-order chi connectivity index (χ0) is 20.2. The number of carbonyl (C=O) groups is 2. The van der Waals surface area contributed by atoms with Gasteiger partial charge in [-0.05, 0) is 48.9 Å². The van der Waals surface area contributed by atoms with E-state index < -0.39 is 12.2 Å². The monoisotopic (exact) mass is 418 g/mol. The number of hydrogen-bond donors (Lipinski definition) is 0. The number of amides is 1. The van der Waals surface area contributed by atoms with Crippen LogP contribution in [0.4, 0.5) is 20.6 Å². The summed E-state index contributed by atoms with van der Waals surface area (Å²) in [5.74, 6) is 1.92. The molecule has 0 unspecified atom stereocenters. The van der Waals surface area contributed by atoms with Gasteiger partial charge in [-0.2, -0.15) is 11.8 Å². The smallest absolute Gasteiger partial charge is 0.414 e. The highest BCUT2D eigenvalue weighted by Gasteiger charge is 2.33. The van der Waals surface area contributed by atoms with Gasteiger partial charge in [-0.25, -0.2) is 9.18 Å². The number of hydrogen-bond acceptors (Lipinski definition) is 6. The number of thioether (sulfide) groups is 1. The molecule has 0 aliphatic carbocycles. The Morgan fingerprint density at radius 2 is 2.14 bits per heavy atom. The second-order valence-electron chi connectivity index (χ2n) is 7.14. The number of ketones is 1. The zero-order valence-electron chi connectivity index (χ0n) is 16.0. The highest BCUT2D eigenvalue weighted by Crippen LogP contribution is 2.30. The van der Waals surface area contributed by atoms with Gasteiger partial charge in [0.1, 0.15) is 11.9 Å². The van der Waals surface area contributed by atoms with E-state index in [0.29, 0.717) is 30.1 Å². The van der Waals surface area contributed by atoms with Gasteiger partial charge in [-0.15, -0.1) is 0 Å². The summed E-state index contributed by atoms with van der Waals surface area (Å²) >= 11 is 1.89. The van der Waals surface area contributed by atoms with Gasteiger partial charge in [0.05, 0.1) is 24.2 Å². The lowest BCUT2D eigenvalue weighted by Gasteiger charge is -2.24. The van der Waals surface area contributed by atoms with Crippen LogP contribution in [0.5, 0.6) is 0 Å². The second kappa shape index (κ2) is 8.90. The Morgan fingerprint density at radius 3 is 2.93 bits per heavy atom. The first-order valence-corrected chi connectivity index (χ1v) is 10.9. The quantitative estimate of drug-likeness (QED) is 0.650. The molecule has 0 N–H and O–H groups in total. The molecule has 2 fully saturated rings. The van der Waals surface area contributed by atoms with Crippen LogP contribution in [0.3, 0.4) is 0 Å². The van der Waals surface area contributed by atoms with Crippen molar-refractivity contribution in [1.82, 2.24) is 0 Å². The number of carbonyl (C=O) groups excluding carboxylic acids is 2. The van der Waals surface area contributed by atoms with Crippen molar-refractivity contribution >= 4 is 35.0 Å². The molecule has 0 radical (unpaired) electrons. The predicted molar refractivity (Wildman–Crippen MR) is 110 cm³/mol. The van der Waals surface area contributed by atoms with Crippen molar-refractivity contribution in [2.75, 3.05) is 40.9 Å². The number of nitrogens with zero attached hydrogens (tertiary/aromatic N) is 2. The maximum atomic E-state index is 14.8. The van der Waals surface area contributed by atoms with Crippen molar-refractivity contribution in [3.8, 4) is 0 Å². The van der Waals surface area contributed by atoms with E-state index in [1.54, 1.807) is 24.3 Å². The van der Waals surface area contributed by atoms with Crippen LogP contribution in [0, 0.1) is 5.82 Å². The normalized spacial score (nSPS) is 19.9. The Bertz CT molecular complexity index is 866. The molecule has 2 aliphatic rings. The van der Waals surface area contributed by atoms with Gasteiger partial charge in [0.25, 0.3) is 0 Å². The molecule has 3 heterocycles. The van der Waals surface area contributed by atoms with Gasteiger partial charge in [0.15, 0.2) is 11.5 Å². The van der Waals surface area contributed by atoms with E-state index in [0.717, 1.165) is 31.0 Å². The van der Waals surface area contributed by atoms with Gasteiger partial charge >= 0.3 is 6.09 Å². The second-order valence-corrected chi connectivity index (χ2v) is 8.37. The number of halogens is 1. The molecule has 154 valence electrons. The summed E-state index contributed by atoms with van der Waals surface area (Å²) in [6.45, 7) is 1.95. The maximum absolute atomic E-state index is 14.8. The van der Waals surface area contributed by atoms with Crippen LogP contribution in [0.25, 0.3) is 0 Å². The highest BCUT2D eigenvalue weighted by atomic mass is 32.2. The van der Waals surface area contributed by atoms with Gasteiger partial charge in [-0.3, -0.25) is 9.69 Å². The molecule has 2 saturated heterocycles. The summed E-state index contributed by atoms with van der Waals surface area (Å²) in [5, 5.41) is 0. The molecule has 1 aromatic carbocycles. The van der Waals surface area contributed by atoms with E-state index in [4.69, 9.17) is 9.15 Å². The van der Waals surface area contributed by atoms with Crippen molar-refractivity contribution in [1.29, 1.82) is 0 Å². The fourth-order valence-corrected chi connectivity index (χ4v) is 4.53. The number of furan rings is 1. The minimum atomic E-state index is -0.515. The Labute approximate surface area is 173 Å². The molecule has 1 amide bonds. The fraction of sp³-hybridized carbons (Fsp3) is 0.429. The first-order valence-electron chi connectivity index (χ1n) is 9.79. The lowest BCUT2D eigenvalue weighted by atomic mass is 10.1. The van der Waals surface area contributed by atoms with E-state index in [1.165, 1.54) is 17.2 Å². The molecule has 2 aromatic rings. The summed E-state index contributed by atoms with van der Waals surface area (Å²) in [4.78, 5) is 27.8. The van der Waals surface area contributed by atoms with E-state index in [9.17, 15) is 14.0 Å². The van der Waals surface area contributed by atoms with Crippen molar-refractivity contribution in [3.05, 3.63) is 48.2 Å². The Hall–Kier alpha value is -2.48. The van der Waals surface area contributed by atoms with Crippen molar-refractivity contribution in [3.63, 3.8) is 0 Å². The molecular weight excluding hydrogens is 395 g/mol. The molecule has 29 heavy (non-hydrogen) atoms. The zero-order valence-corrected chi connectivity index (χ0v) is 16.8. The van der Waals surface area contributed by atoms with Crippen molar-refractivity contribution in [2.24, 2.45) is 0 Å². The Kier molecular flexibility index (Phi) is 6.08. The summed E-state index contributed by atoms with van der Waals surface area (Å²) in [6, 6.07) is 8.16. The van der Waals surface area contributed by atoms with Crippen LogP contribution < -0.4 is 9.80 Å². The third-order valence-electron chi connectivity index (χ3n) is 5.17. The summed E-state index contributed by atoms with van der Waals surface area (Å²) in [6.07, 6.45) is 2.18. The molecule has 8 heteroatoms. The molecular formula is C21H23FN2O4S. The number of ether oxygens (including phenoxy) is 1. The Morgan fingerprint density at radius 1 is 1.24 bits per heavy atom. The average Bonchev–Trinajstić information content (AvgIpc) is 3.30. The van der Waals surface area contributed by atoms with Crippen LogP contribution >= 0.6 is 11.8 Å². The number of cyclic esters (lactones) is 1. The van der Waals surface area contributed by atoms with Gasteiger partial charge in [-0.1, -0.05) is 0 Å². The molecule has 6 nitrogen and oxygen atoms in total. The summed E-state index contributed by atoms with van der Waals surface area (Å²) < 4.78 is 25.2. The number of anilines is 2. The maximum Gasteiger partial charge on any atom is 0.414 e. The van der Waals surface area contributed by atoms with Crippen molar-refractivity contribution < 1.29 is 23.1 Å². The lowest BCUT2D eigenvalue weighted by molar-refractivity contribution is 0.0914. The van der Waals surface area contributed by atoms with E-state index in [2.05, 4.69) is 4.90 Å². The van der Waals surface area contributed by atoms with E-state index >= 15 is 0 Å². The summed E-state index contributed by atoms with van der Waals surface area (Å²) in [5.41, 5.74) is 1.05. The minimum absolute atomic E-state index is 0.129. The van der Waals surface area contributed by atoms with Crippen LogP contribution in [-0.2, 0) is 4.74 Å². The SMILES string of the molecule is O=C(CC[C@H]1CN(c2ccc(N3CCCSCC3)c(F)c2)C(=O)O1)c1ccco1. The molecule has 0 saturated carbocycles. The van der Waals surface area contributed by atoms with Crippen LogP contribution in [0.15, 0.2) is 41.0 Å². The largest absolute Gasteiger partial charge is 0.461 e. The molecule has 4 rings (SSSR count). The standard InChI is InChI=1S/C21H23FN2O4S/c22-17-13-15(4-6-18(17)23-8-2-11-29-12-9-23)24-14-16(28-21(24)26)5-7-19(25)20-3-1-10-27-20/h1,3-4,6,10,13,16H,2,5,7-9,11-12,14H2/t16-/m0/s1. The minimum Gasteiger partial charge on any atom is -0.461 e. The third-order valence-corrected chi connectivity index (χ3v) is 6.22. The van der Waals surface area contributed by atoms with Crippen molar-refractivity contribution in [2.45, 2.75) is 25.4 Å². The average molecular weight is 418 g/mol. The van der Waals surface area contributed by atoms with E-state index in [1.807, 2.05) is 11.8 Å². The number of Topliss-reactive ketones (excluding diaryl/α,β-unsaturated/α-hetero) is 1. The first-order chi connectivity index (χ1) is 14.1. The van der Waals surface area contributed by atoms with E-state index in [-0.39, 0.29) is 18.0 Å². The van der Waals surface area contributed by atoms with Gasteiger partial charge in [0, 0.05) is 25.3 Å². The van der Waals surface area contributed by atoms with Crippen LogP contribution in [0.1, 0.15) is 29.8 Å². The van der Waals surface area contributed by atoms with Crippen LogP contribution in [-0.4, -0.2) is 49.1 Å². The molecule has 0 bridgehead atoms. The number of rotatable bonds is 6.